The summed E-state index contributed by atoms with van der Waals surface area (Å²) in [7, 11) is 1.59. The number of likely N-dealkylation sites (N-methyl/N-ethyl adjacent to an activating group) is 1. The number of hydrazone groups is 1. The van der Waals surface area contributed by atoms with Crippen molar-refractivity contribution < 1.29 is 23.8 Å². The first-order chi connectivity index (χ1) is 15.2. The lowest BCUT2D eigenvalue weighted by atomic mass is 9.80. The van der Waals surface area contributed by atoms with Crippen LogP contribution in [0.4, 0.5) is 8.78 Å². The Bertz CT molecular complexity index is 1110. The van der Waals surface area contributed by atoms with Gasteiger partial charge in [0.2, 0.25) is 0 Å². The number of carbonyl (C=O) groups excluding carboxylic acids is 1. The molecule has 0 saturated carbocycles. The van der Waals surface area contributed by atoms with E-state index in [1.807, 2.05) is 13.0 Å². The Morgan fingerprint density at radius 1 is 1.34 bits per heavy atom. The smallest absolute Gasteiger partial charge is 0.275 e. The largest absolute Gasteiger partial charge is 0.507 e. The zero-order valence-electron chi connectivity index (χ0n) is 17.9. The number of halogens is 2. The van der Waals surface area contributed by atoms with Crippen molar-refractivity contribution in [2.45, 2.75) is 37.8 Å². The predicted octanol–water partition coefficient (Wildman–Crippen LogP) is 3.48. The fourth-order valence-electron chi connectivity index (χ4n) is 4.71. The van der Waals surface area contributed by atoms with Gasteiger partial charge in [-0.1, -0.05) is 30.4 Å². The van der Waals surface area contributed by atoms with Crippen LogP contribution in [0.15, 0.2) is 70.5 Å². The van der Waals surface area contributed by atoms with E-state index >= 15 is 0 Å². The van der Waals surface area contributed by atoms with Crippen LogP contribution in [0.25, 0.3) is 0 Å². The summed E-state index contributed by atoms with van der Waals surface area (Å²) < 4.78 is 28.4. The molecule has 168 valence electrons. The molecule has 0 radical (unpaired) electrons. The Kier molecular flexibility index (Phi) is 5.73. The molecule has 3 aliphatic rings. The Balaban J connectivity index is 1.94. The number of carbonyl (C=O) groups is 1. The van der Waals surface area contributed by atoms with Crippen molar-refractivity contribution in [1.29, 1.82) is 0 Å². The maximum absolute atomic E-state index is 14.8. The van der Waals surface area contributed by atoms with Gasteiger partial charge in [-0.2, -0.15) is 5.10 Å². The molecule has 1 amide bonds. The fraction of sp³-hybridized carbons (Fsp3) is 0.333. The second kappa shape index (κ2) is 8.35. The maximum atomic E-state index is 14.8. The molecule has 8 heteroatoms. The van der Waals surface area contributed by atoms with Crippen LogP contribution in [0.3, 0.4) is 0 Å². The standard InChI is InChI=1S/C24H25F2N3O3/c1-13-7-9-16-17(5-4-6-18(16)26)21(15(13)10-8-14(2)25)19-12-28(3)24(32)22-23(31)20(30)11-27-29(19)22/h4-6,8,10-11,19-21,30-31H,2,7,9,12H2,1,3H3/b10-8-. The third-order valence-electron chi connectivity index (χ3n) is 6.30. The predicted molar refractivity (Wildman–Crippen MR) is 117 cm³/mol. The number of piperazine rings is 1. The van der Waals surface area contributed by atoms with Gasteiger partial charge in [0, 0.05) is 19.5 Å². The van der Waals surface area contributed by atoms with E-state index in [2.05, 4.69) is 11.7 Å². The molecule has 0 spiro atoms. The number of benzene rings is 1. The minimum atomic E-state index is -1.39. The molecule has 1 aromatic rings. The summed E-state index contributed by atoms with van der Waals surface area (Å²) >= 11 is 0. The van der Waals surface area contributed by atoms with E-state index in [1.165, 1.54) is 22.1 Å². The molecule has 1 aromatic carbocycles. The molecule has 2 N–H and O–H groups in total. The van der Waals surface area contributed by atoms with Gasteiger partial charge in [0.1, 0.15) is 17.7 Å². The molecule has 2 heterocycles. The zero-order chi connectivity index (χ0) is 23.2. The van der Waals surface area contributed by atoms with E-state index in [1.54, 1.807) is 19.2 Å². The fourth-order valence-corrected chi connectivity index (χ4v) is 4.71. The number of aliphatic hydroxyl groups is 2. The Morgan fingerprint density at radius 3 is 2.81 bits per heavy atom. The highest BCUT2D eigenvalue weighted by molar-refractivity contribution is 5.96. The number of aliphatic hydroxyl groups excluding tert-OH is 2. The van der Waals surface area contributed by atoms with Gasteiger partial charge in [-0.05, 0) is 48.6 Å². The molecule has 2 aliphatic heterocycles. The maximum Gasteiger partial charge on any atom is 0.275 e. The van der Waals surface area contributed by atoms with Crippen molar-refractivity contribution in [3.63, 3.8) is 0 Å². The molecular formula is C24H25F2N3O3. The number of hydrogen-bond donors (Lipinski definition) is 2. The van der Waals surface area contributed by atoms with E-state index in [9.17, 15) is 23.8 Å². The van der Waals surface area contributed by atoms with Gasteiger partial charge < -0.3 is 15.1 Å². The molecule has 0 bridgehead atoms. The summed E-state index contributed by atoms with van der Waals surface area (Å²) in [6.07, 6.45) is 3.75. The summed E-state index contributed by atoms with van der Waals surface area (Å²) in [4.78, 5) is 14.2. The molecule has 1 fully saturated rings. The van der Waals surface area contributed by atoms with Crippen LogP contribution in [0.1, 0.15) is 30.4 Å². The lowest BCUT2D eigenvalue weighted by Crippen LogP contribution is -2.56. The van der Waals surface area contributed by atoms with Gasteiger partial charge in [0.15, 0.2) is 11.5 Å². The number of amides is 1. The minimum absolute atomic E-state index is 0.114. The number of fused-ring (bicyclic) bond motifs is 2. The Morgan fingerprint density at radius 2 is 2.09 bits per heavy atom. The second-order valence-corrected chi connectivity index (χ2v) is 8.34. The highest BCUT2D eigenvalue weighted by Crippen LogP contribution is 2.43. The molecule has 32 heavy (non-hydrogen) atoms. The number of hydrogen-bond acceptors (Lipinski definition) is 5. The third-order valence-corrected chi connectivity index (χ3v) is 6.30. The summed E-state index contributed by atoms with van der Waals surface area (Å²) in [5.41, 5.74) is 2.91. The van der Waals surface area contributed by atoms with Crippen LogP contribution in [0, 0.1) is 5.82 Å². The average Bonchev–Trinajstić information content (AvgIpc) is 2.88. The van der Waals surface area contributed by atoms with Gasteiger partial charge in [-0.25, -0.2) is 8.78 Å². The van der Waals surface area contributed by atoms with E-state index < -0.39 is 35.6 Å². The van der Waals surface area contributed by atoms with Crippen molar-refractivity contribution in [1.82, 2.24) is 9.91 Å². The molecule has 3 atom stereocenters. The minimum Gasteiger partial charge on any atom is -0.507 e. The normalized spacial score (nSPS) is 25.9. The molecule has 1 saturated heterocycles. The first-order valence-electron chi connectivity index (χ1n) is 10.4. The van der Waals surface area contributed by atoms with Crippen LogP contribution in [0.5, 0.6) is 0 Å². The SMILES string of the molecule is C=C(F)/C=C\C1=C(C)CCc2c(F)cccc2C1C1CN(C)C(=O)C2=C(O)C(O)C=NN21. The molecule has 3 unspecified atom stereocenters. The first-order valence-corrected chi connectivity index (χ1v) is 10.4. The first kappa shape index (κ1) is 22.0. The van der Waals surface area contributed by atoms with E-state index in [0.29, 0.717) is 18.4 Å². The molecule has 1 aliphatic carbocycles. The average molecular weight is 441 g/mol. The molecular weight excluding hydrogens is 416 g/mol. The lowest BCUT2D eigenvalue weighted by molar-refractivity contribution is -0.132. The summed E-state index contributed by atoms with van der Waals surface area (Å²) in [5.74, 6) is -2.37. The number of rotatable bonds is 3. The third kappa shape index (κ3) is 3.64. The van der Waals surface area contributed by atoms with Gasteiger partial charge in [0.25, 0.3) is 5.91 Å². The molecule has 6 nitrogen and oxygen atoms in total. The van der Waals surface area contributed by atoms with Gasteiger partial charge in [-0.15, -0.1) is 0 Å². The molecule has 0 aromatic heterocycles. The van der Waals surface area contributed by atoms with Crippen LogP contribution in [-0.4, -0.2) is 58.0 Å². The van der Waals surface area contributed by atoms with Crippen molar-refractivity contribution >= 4 is 12.1 Å². The topological polar surface area (TPSA) is 76.4 Å². The number of nitrogens with zero attached hydrogens (tertiary/aromatic N) is 3. The quantitative estimate of drug-likeness (QED) is 0.705. The van der Waals surface area contributed by atoms with E-state index in [0.717, 1.165) is 22.9 Å². The van der Waals surface area contributed by atoms with Gasteiger partial charge >= 0.3 is 0 Å². The van der Waals surface area contributed by atoms with E-state index in [-0.39, 0.29) is 18.1 Å². The van der Waals surface area contributed by atoms with Crippen LogP contribution in [0.2, 0.25) is 0 Å². The van der Waals surface area contributed by atoms with Crippen molar-refractivity contribution in [3.8, 4) is 0 Å². The second-order valence-electron chi connectivity index (χ2n) is 8.34. The van der Waals surface area contributed by atoms with Crippen molar-refractivity contribution in [3.05, 3.63) is 82.3 Å². The monoisotopic (exact) mass is 441 g/mol. The summed E-state index contributed by atoms with van der Waals surface area (Å²) in [5, 5.41) is 26.2. The summed E-state index contributed by atoms with van der Waals surface area (Å²) in [6.45, 7) is 5.45. The Labute approximate surface area is 185 Å². The zero-order valence-corrected chi connectivity index (χ0v) is 17.9. The van der Waals surface area contributed by atoms with Crippen molar-refractivity contribution in [2.75, 3.05) is 13.6 Å². The lowest BCUT2D eigenvalue weighted by Gasteiger charge is -2.45. The van der Waals surface area contributed by atoms with E-state index in [4.69, 9.17) is 0 Å². The van der Waals surface area contributed by atoms with Crippen LogP contribution < -0.4 is 0 Å². The Hall–Kier alpha value is -3.26. The van der Waals surface area contributed by atoms with Crippen LogP contribution in [-0.2, 0) is 11.2 Å². The van der Waals surface area contributed by atoms with Crippen LogP contribution >= 0.6 is 0 Å². The summed E-state index contributed by atoms with van der Waals surface area (Å²) in [6, 6.07) is 4.35. The van der Waals surface area contributed by atoms with Crippen molar-refractivity contribution in [2.24, 2.45) is 5.10 Å². The van der Waals surface area contributed by atoms with Gasteiger partial charge in [-0.3, -0.25) is 9.80 Å². The highest BCUT2D eigenvalue weighted by Gasteiger charge is 2.45. The number of allylic oxidation sites excluding steroid dienone is 4. The highest BCUT2D eigenvalue weighted by atomic mass is 19.1. The van der Waals surface area contributed by atoms with Gasteiger partial charge in [0.05, 0.1) is 12.3 Å². The molecule has 4 rings (SSSR count).